The molecule has 0 heterocycles. The summed E-state index contributed by atoms with van der Waals surface area (Å²) in [7, 11) is 0. The van der Waals surface area contributed by atoms with Gasteiger partial charge >= 0.3 is 5.97 Å². The zero-order valence-electron chi connectivity index (χ0n) is 12.0. The van der Waals surface area contributed by atoms with Gasteiger partial charge in [0.25, 0.3) is 0 Å². The van der Waals surface area contributed by atoms with Crippen LogP contribution in [0.3, 0.4) is 0 Å². The average Bonchev–Trinajstić information content (AvgIpc) is 2.78. The van der Waals surface area contributed by atoms with Crippen LogP contribution in [0.15, 0.2) is 0 Å². The first kappa shape index (κ1) is 16.0. The number of hydrogen-bond acceptors (Lipinski definition) is 3. The van der Waals surface area contributed by atoms with Crippen LogP contribution in [0, 0.1) is 17.8 Å². The molecule has 0 aromatic heterocycles. The van der Waals surface area contributed by atoms with Gasteiger partial charge < -0.3 is 15.2 Å². The van der Waals surface area contributed by atoms with E-state index in [1.807, 2.05) is 20.8 Å². The fraction of sp³-hybridized carbons (Fsp3) is 0.857. The number of nitrogens with one attached hydrogen (secondary N) is 1. The van der Waals surface area contributed by atoms with E-state index in [0.29, 0.717) is 31.9 Å². The van der Waals surface area contributed by atoms with Crippen molar-refractivity contribution in [3.63, 3.8) is 0 Å². The molecule has 0 radical (unpaired) electrons. The molecule has 5 nitrogen and oxygen atoms in total. The molecule has 110 valence electrons. The number of carbonyl (C=O) groups is 2. The van der Waals surface area contributed by atoms with Crippen molar-refractivity contribution in [1.82, 2.24) is 5.32 Å². The molecule has 1 amide bonds. The maximum absolute atomic E-state index is 12.0. The minimum atomic E-state index is -0.852. The normalized spacial score (nSPS) is 26.6. The maximum Gasteiger partial charge on any atom is 0.307 e. The van der Waals surface area contributed by atoms with Gasteiger partial charge in [-0.1, -0.05) is 13.3 Å². The summed E-state index contributed by atoms with van der Waals surface area (Å²) >= 11 is 0. The summed E-state index contributed by atoms with van der Waals surface area (Å²) in [6.45, 7) is 6.82. The molecule has 1 aliphatic rings. The molecule has 1 aliphatic carbocycles. The molecule has 0 saturated heterocycles. The van der Waals surface area contributed by atoms with Crippen LogP contribution in [0.1, 0.15) is 40.0 Å². The molecule has 19 heavy (non-hydrogen) atoms. The molecule has 1 saturated carbocycles. The second-order valence-corrected chi connectivity index (χ2v) is 5.51. The van der Waals surface area contributed by atoms with Crippen molar-refractivity contribution < 1.29 is 19.4 Å². The lowest BCUT2D eigenvalue weighted by atomic mass is 9.95. The highest BCUT2D eigenvalue weighted by molar-refractivity contribution is 5.85. The second kappa shape index (κ2) is 7.48. The largest absolute Gasteiger partial charge is 0.481 e. The highest BCUT2D eigenvalue weighted by Crippen LogP contribution is 2.38. The van der Waals surface area contributed by atoms with Gasteiger partial charge in [-0.25, -0.2) is 0 Å². The van der Waals surface area contributed by atoms with Gasteiger partial charge in [0.05, 0.1) is 24.5 Å². The first-order chi connectivity index (χ1) is 8.95. The molecule has 2 N–H and O–H groups in total. The van der Waals surface area contributed by atoms with Crippen molar-refractivity contribution in [2.75, 3.05) is 13.2 Å². The number of carboxylic acid groups (broad SMARTS) is 1. The van der Waals surface area contributed by atoms with E-state index in [0.717, 1.165) is 6.42 Å². The minimum Gasteiger partial charge on any atom is -0.481 e. The Hall–Kier alpha value is -1.10. The van der Waals surface area contributed by atoms with Gasteiger partial charge in [0.1, 0.15) is 0 Å². The van der Waals surface area contributed by atoms with Gasteiger partial charge in [0.15, 0.2) is 0 Å². The van der Waals surface area contributed by atoms with Crippen LogP contribution in [-0.2, 0) is 14.3 Å². The van der Waals surface area contributed by atoms with E-state index < -0.39 is 11.9 Å². The summed E-state index contributed by atoms with van der Waals surface area (Å²) in [6, 6.07) is 0. The first-order valence-corrected chi connectivity index (χ1v) is 7.07. The van der Waals surface area contributed by atoms with Crippen molar-refractivity contribution >= 4 is 11.9 Å². The highest BCUT2D eigenvalue weighted by Gasteiger charge is 2.41. The third-order valence-corrected chi connectivity index (χ3v) is 3.74. The van der Waals surface area contributed by atoms with Gasteiger partial charge in [0, 0.05) is 6.54 Å². The van der Waals surface area contributed by atoms with Crippen molar-refractivity contribution in [3.8, 4) is 0 Å². The minimum absolute atomic E-state index is 0.139. The number of carboxylic acids is 1. The lowest BCUT2D eigenvalue weighted by Gasteiger charge is -2.16. The maximum atomic E-state index is 12.0. The molecule has 3 atom stereocenters. The molecule has 0 aliphatic heterocycles. The lowest BCUT2D eigenvalue weighted by molar-refractivity contribution is -0.146. The third kappa shape index (κ3) is 4.82. The van der Waals surface area contributed by atoms with E-state index in [-0.39, 0.29) is 17.9 Å². The smallest absolute Gasteiger partial charge is 0.307 e. The summed E-state index contributed by atoms with van der Waals surface area (Å²) in [5.74, 6) is -1.56. The number of rotatable bonds is 7. The molecule has 0 bridgehead atoms. The van der Waals surface area contributed by atoms with Gasteiger partial charge in [-0.2, -0.15) is 0 Å². The fourth-order valence-corrected chi connectivity index (χ4v) is 2.64. The molecule has 5 heteroatoms. The zero-order valence-corrected chi connectivity index (χ0v) is 12.0. The molecule has 3 unspecified atom stereocenters. The Bertz CT molecular complexity index is 317. The van der Waals surface area contributed by atoms with Crippen LogP contribution in [0.2, 0.25) is 0 Å². The van der Waals surface area contributed by atoms with E-state index in [1.54, 1.807) is 0 Å². The molecule has 1 fully saturated rings. The Morgan fingerprint density at radius 1 is 1.32 bits per heavy atom. The average molecular weight is 271 g/mol. The Kier molecular flexibility index (Phi) is 6.28. The Morgan fingerprint density at radius 3 is 2.47 bits per heavy atom. The standard InChI is InChI=1S/C14H25NO4/c1-4-10-7-11(12(8-10)14(17)18)13(16)15-5-6-19-9(2)3/h9-12H,4-8H2,1-3H3,(H,15,16)(H,17,18). The quantitative estimate of drug-likeness (QED) is 0.691. The van der Waals surface area contributed by atoms with Gasteiger partial charge in [0.2, 0.25) is 5.91 Å². The third-order valence-electron chi connectivity index (χ3n) is 3.74. The summed E-state index contributed by atoms with van der Waals surface area (Å²) in [4.78, 5) is 23.2. The van der Waals surface area contributed by atoms with Crippen molar-refractivity contribution in [1.29, 1.82) is 0 Å². The molecular formula is C14H25NO4. The number of aliphatic carboxylic acids is 1. The summed E-state index contributed by atoms with van der Waals surface area (Å²) in [6.07, 6.45) is 2.38. The highest BCUT2D eigenvalue weighted by atomic mass is 16.5. The van der Waals surface area contributed by atoms with Gasteiger partial charge in [-0.3, -0.25) is 9.59 Å². The van der Waals surface area contributed by atoms with Crippen LogP contribution in [0.4, 0.5) is 0 Å². The van der Waals surface area contributed by atoms with Crippen LogP contribution in [0.25, 0.3) is 0 Å². The molecule has 0 aromatic rings. The van der Waals surface area contributed by atoms with E-state index in [4.69, 9.17) is 4.74 Å². The molecule has 0 spiro atoms. The molecule has 1 rings (SSSR count). The topological polar surface area (TPSA) is 75.6 Å². The van der Waals surface area contributed by atoms with Crippen molar-refractivity contribution in [2.24, 2.45) is 17.8 Å². The van der Waals surface area contributed by atoms with E-state index in [2.05, 4.69) is 5.32 Å². The Morgan fingerprint density at radius 2 is 1.95 bits per heavy atom. The van der Waals surface area contributed by atoms with Crippen LogP contribution in [-0.4, -0.2) is 36.2 Å². The monoisotopic (exact) mass is 271 g/mol. The SMILES string of the molecule is CCC1CC(C(=O)O)C(C(=O)NCCOC(C)C)C1. The predicted molar refractivity (Wildman–Crippen MR) is 71.7 cm³/mol. The summed E-state index contributed by atoms with van der Waals surface area (Å²) < 4.78 is 5.34. The van der Waals surface area contributed by atoms with Gasteiger partial charge in [-0.15, -0.1) is 0 Å². The predicted octanol–water partition coefficient (Wildman–Crippen LogP) is 1.66. The lowest BCUT2D eigenvalue weighted by Crippen LogP contribution is -2.37. The summed E-state index contributed by atoms with van der Waals surface area (Å²) in [5.41, 5.74) is 0. The number of carbonyl (C=O) groups excluding carboxylic acids is 1. The number of hydrogen-bond donors (Lipinski definition) is 2. The zero-order chi connectivity index (χ0) is 14.4. The number of ether oxygens (including phenoxy) is 1. The van der Waals surface area contributed by atoms with Crippen LogP contribution >= 0.6 is 0 Å². The second-order valence-electron chi connectivity index (χ2n) is 5.51. The van der Waals surface area contributed by atoms with E-state index in [9.17, 15) is 14.7 Å². The first-order valence-electron chi connectivity index (χ1n) is 7.07. The fourth-order valence-electron chi connectivity index (χ4n) is 2.64. The van der Waals surface area contributed by atoms with E-state index >= 15 is 0 Å². The molecule has 0 aromatic carbocycles. The van der Waals surface area contributed by atoms with Crippen molar-refractivity contribution in [2.45, 2.75) is 46.1 Å². The van der Waals surface area contributed by atoms with Crippen LogP contribution in [0.5, 0.6) is 0 Å². The Labute approximate surface area is 114 Å². The summed E-state index contributed by atoms with van der Waals surface area (Å²) in [5, 5.41) is 12.0. The van der Waals surface area contributed by atoms with Gasteiger partial charge in [-0.05, 0) is 32.6 Å². The molecular weight excluding hydrogens is 246 g/mol. The number of amides is 1. The van der Waals surface area contributed by atoms with Crippen molar-refractivity contribution in [3.05, 3.63) is 0 Å². The van der Waals surface area contributed by atoms with Crippen LogP contribution < -0.4 is 5.32 Å². The Balaban J connectivity index is 2.43. The van der Waals surface area contributed by atoms with E-state index in [1.165, 1.54) is 0 Å².